The highest BCUT2D eigenvalue weighted by Crippen LogP contribution is 2.35. The molecule has 0 radical (unpaired) electrons. The van der Waals surface area contributed by atoms with Gasteiger partial charge in [-0.1, -0.05) is 30.3 Å². The van der Waals surface area contributed by atoms with Crippen molar-refractivity contribution in [1.82, 2.24) is 9.47 Å². The van der Waals surface area contributed by atoms with Crippen LogP contribution < -0.4 is 4.74 Å². The van der Waals surface area contributed by atoms with E-state index in [1.807, 2.05) is 34.9 Å². The maximum atomic E-state index is 14.7. The number of rotatable bonds is 7. The van der Waals surface area contributed by atoms with Gasteiger partial charge in [-0.05, 0) is 57.6 Å². The summed E-state index contributed by atoms with van der Waals surface area (Å²) in [5.74, 6) is 0.551. The van der Waals surface area contributed by atoms with Crippen molar-refractivity contribution >= 4 is 10.9 Å². The van der Waals surface area contributed by atoms with Crippen molar-refractivity contribution in [2.75, 3.05) is 20.6 Å². The van der Waals surface area contributed by atoms with Gasteiger partial charge in [0.1, 0.15) is 18.2 Å². The number of ether oxygens (including phenoxy) is 1. The normalized spacial score (nSPS) is 11.7. The maximum absolute atomic E-state index is 14.7. The Morgan fingerprint density at radius 2 is 1.81 bits per heavy atom. The molecule has 0 unspecified atom stereocenters. The van der Waals surface area contributed by atoms with Crippen molar-refractivity contribution in [3.8, 4) is 5.75 Å². The van der Waals surface area contributed by atoms with E-state index >= 15 is 0 Å². The van der Waals surface area contributed by atoms with Gasteiger partial charge in [0, 0.05) is 24.2 Å². The van der Waals surface area contributed by atoms with Crippen molar-refractivity contribution in [2.24, 2.45) is 0 Å². The lowest BCUT2D eigenvalue weighted by Crippen LogP contribution is -2.15. The summed E-state index contributed by atoms with van der Waals surface area (Å²) in [6.45, 7) is 5.53. The number of hydrogen-bond donors (Lipinski definition) is 0. The Balaban J connectivity index is 2.03. The molecule has 0 amide bonds. The minimum Gasteiger partial charge on any atom is -0.488 e. The van der Waals surface area contributed by atoms with Crippen LogP contribution in [0.2, 0.25) is 0 Å². The van der Waals surface area contributed by atoms with Gasteiger partial charge in [0.15, 0.2) is 0 Å². The molecule has 1 aromatic heterocycles. The molecule has 0 aliphatic heterocycles. The monoisotopic (exact) mass is 354 g/mol. The number of hydrogen-bond acceptors (Lipinski definition) is 2. The van der Waals surface area contributed by atoms with Crippen molar-refractivity contribution in [3.63, 3.8) is 0 Å². The van der Waals surface area contributed by atoms with Crippen LogP contribution in [-0.4, -0.2) is 30.1 Å². The van der Waals surface area contributed by atoms with Gasteiger partial charge in [0.2, 0.25) is 0 Å². The average molecular weight is 354 g/mol. The molecule has 3 aromatic rings. The molecule has 138 valence electrons. The topological polar surface area (TPSA) is 17.4 Å². The Hall–Kier alpha value is -2.33. The van der Waals surface area contributed by atoms with Gasteiger partial charge in [-0.3, -0.25) is 0 Å². The molecule has 0 saturated carbocycles. The zero-order valence-electron chi connectivity index (χ0n) is 16.0. The molecule has 2 aromatic carbocycles. The maximum Gasteiger partial charge on any atom is 0.147 e. The third-order valence-corrected chi connectivity index (χ3v) is 4.59. The molecule has 4 heteroatoms. The van der Waals surface area contributed by atoms with E-state index in [0.29, 0.717) is 12.1 Å². The van der Waals surface area contributed by atoms with Crippen LogP contribution in [0.4, 0.5) is 4.39 Å². The summed E-state index contributed by atoms with van der Waals surface area (Å²) in [6.07, 6.45) is 2.94. The molecule has 0 spiro atoms. The third-order valence-electron chi connectivity index (χ3n) is 4.59. The first-order valence-corrected chi connectivity index (χ1v) is 9.10. The van der Waals surface area contributed by atoms with Gasteiger partial charge in [-0.25, -0.2) is 4.39 Å². The Morgan fingerprint density at radius 1 is 1.08 bits per heavy atom. The minimum absolute atomic E-state index is 0.185. The number of likely N-dealkylation sites (N-methyl/N-ethyl adjacent to an activating group) is 1. The van der Waals surface area contributed by atoms with Crippen LogP contribution in [-0.2, 0) is 13.0 Å². The van der Waals surface area contributed by atoms with E-state index in [1.54, 1.807) is 6.07 Å². The Morgan fingerprint density at radius 3 is 2.46 bits per heavy atom. The van der Waals surface area contributed by atoms with Gasteiger partial charge in [-0.15, -0.1) is 0 Å². The fourth-order valence-electron chi connectivity index (χ4n) is 3.20. The standard InChI is InChI=1S/C22H27FN2O/c1-16(2)25-14-18(12-13-24(3)4)21-20(11-10-19(23)22(21)25)26-15-17-8-6-5-7-9-17/h5-11,14,16H,12-13,15H2,1-4H3. The second kappa shape index (κ2) is 7.92. The minimum atomic E-state index is -0.197. The highest BCUT2D eigenvalue weighted by molar-refractivity contribution is 5.90. The Kier molecular flexibility index (Phi) is 5.62. The average Bonchev–Trinajstić information content (AvgIpc) is 3.01. The summed E-state index contributed by atoms with van der Waals surface area (Å²) in [5.41, 5.74) is 2.87. The predicted octanol–water partition coefficient (Wildman–Crippen LogP) is 5.04. The summed E-state index contributed by atoms with van der Waals surface area (Å²) in [7, 11) is 4.10. The first-order valence-electron chi connectivity index (χ1n) is 9.10. The van der Waals surface area contributed by atoms with Crippen LogP contribution in [0, 0.1) is 5.82 Å². The molecule has 3 nitrogen and oxygen atoms in total. The van der Waals surface area contributed by atoms with Crippen molar-refractivity contribution in [3.05, 3.63) is 65.6 Å². The Bertz CT molecular complexity index is 869. The molecule has 0 saturated heterocycles. The summed E-state index contributed by atoms with van der Waals surface area (Å²) in [5, 5.41) is 0.900. The molecule has 0 N–H and O–H groups in total. The highest BCUT2D eigenvalue weighted by Gasteiger charge is 2.19. The molecule has 0 bridgehead atoms. The second-order valence-electron chi connectivity index (χ2n) is 7.25. The van der Waals surface area contributed by atoms with Gasteiger partial charge < -0.3 is 14.2 Å². The molecule has 3 rings (SSSR count). The van der Waals surface area contributed by atoms with Crippen LogP contribution in [0.25, 0.3) is 10.9 Å². The quantitative estimate of drug-likeness (QED) is 0.591. The number of halogens is 1. The number of aromatic nitrogens is 1. The molecule has 26 heavy (non-hydrogen) atoms. The van der Waals surface area contributed by atoms with Crippen LogP contribution in [0.1, 0.15) is 31.0 Å². The van der Waals surface area contributed by atoms with E-state index in [4.69, 9.17) is 4.74 Å². The predicted molar refractivity (Wildman–Crippen MR) is 105 cm³/mol. The molecule has 0 atom stereocenters. The lowest BCUT2D eigenvalue weighted by molar-refractivity contribution is 0.309. The van der Waals surface area contributed by atoms with Crippen LogP contribution in [0.3, 0.4) is 0 Å². The van der Waals surface area contributed by atoms with Gasteiger partial charge >= 0.3 is 0 Å². The van der Waals surface area contributed by atoms with Gasteiger partial charge in [0.05, 0.1) is 5.52 Å². The fraction of sp³-hybridized carbons (Fsp3) is 0.364. The third kappa shape index (κ3) is 3.91. The van der Waals surface area contributed by atoms with E-state index in [-0.39, 0.29) is 11.9 Å². The van der Waals surface area contributed by atoms with Crippen molar-refractivity contribution in [2.45, 2.75) is 32.9 Å². The van der Waals surface area contributed by atoms with E-state index in [2.05, 4.69) is 39.0 Å². The summed E-state index contributed by atoms with van der Waals surface area (Å²) < 4.78 is 22.8. The first-order chi connectivity index (χ1) is 12.5. The van der Waals surface area contributed by atoms with E-state index < -0.39 is 0 Å². The largest absolute Gasteiger partial charge is 0.488 e. The molecule has 1 heterocycles. The Labute approximate surface area is 155 Å². The lowest BCUT2D eigenvalue weighted by Gasteiger charge is -2.13. The SMILES string of the molecule is CC(C)n1cc(CCN(C)C)c2c(OCc3ccccc3)ccc(F)c21. The number of nitrogens with zero attached hydrogens (tertiary/aromatic N) is 2. The molecule has 0 aliphatic rings. The molecular weight excluding hydrogens is 327 g/mol. The zero-order chi connectivity index (χ0) is 18.7. The number of fused-ring (bicyclic) bond motifs is 1. The van der Waals surface area contributed by atoms with Crippen LogP contribution in [0.15, 0.2) is 48.7 Å². The van der Waals surface area contributed by atoms with Crippen molar-refractivity contribution in [1.29, 1.82) is 0 Å². The molecule has 0 fully saturated rings. The molecular formula is C22H27FN2O. The lowest BCUT2D eigenvalue weighted by atomic mass is 10.1. The van der Waals surface area contributed by atoms with E-state index in [0.717, 1.165) is 35.2 Å². The van der Waals surface area contributed by atoms with Gasteiger partial charge in [-0.2, -0.15) is 0 Å². The van der Waals surface area contributed by atoms with Crippen molar-refractivity contribution < 1.29 is 9.13 Å². The van der Waals surface area contributed by atoms with E-state index in [1.165, 1.54) is 6.07 Å². The fourth-order valence-corrected chi connectivity index (χ4v) is 3.20. The smallest absolute Gasteiger partial charge is 0.147 e. The number of benzene rings is 2. The molecule has 0 aliphatic carbocycles. The van der Waals surface area contributed by atoms with Crippen LogP contribution in [0.5, 0.6) is 5.75 Å². The highest BCUT2D eigenvalue weighted by atomic mass is 19.1. The summed E-state index contributed by atoms with van der Waals surface area (Å²) in [6, 6.07) is 13.5. The summed E-state index contributed by atoms with van der Waals surface area (Å²) >= 11 is 0. The van der Waals surface area contributed by atoms with E-state index in [9.17, 15) is 4.39 Å². The second-order valence-corrected chi connectivity index (χ2v) is 7.25. The van der Waals surface area contributed by atoms with Crippen LogP contribution >= 0.6 is 0 Å². The van der Waals surface area contributed by atoms with Gasteiger partial charge in [0.25, 0.3) is 0 Å². The first kappa shape index (κ1) is 18.5. The summed E-state index contributed by atoms with van der Waals surface area (Å²) in [4.78, 5) is 2.14. The zero-order valence-corrected chi connectivity index (χ0v) is 16.0.